The summed E-state index contributed by atoms with van der Waals surface area (Å²) in [5.74, 6) is 0. The van der Waals surface area contributed by atoms with Gasteiger partial charge in [-0.25, -0.2) is 8.42 Å². The van der Waals surface area contributed by atoms with E-state index in [9.17, 15) is 8.42 Å². The summed E-state index contributed by atoms with van der Waals surface area (Å²) < 4.78 is 30.5. The second-order valence-corrected chi connectivity index (χ2v) is 7.45. The summed E-state index contributed by atoms with van der Waals surface area (Å²) >= 11 is 3.40. The molecule has 2 rings (SSSR count). The number of hydrogen-bond acceptors (Lipinski definition) is 4. The van der Waals surface area contributed by atoms with Crippen LogP contribution in [-0.2, 0) is 29.7 Å². The fourth-order valence-electron chi connectivity index (χ4n) is 1.94. The van der Waals surface area contributed by atoms with Crippen molar-refractivity contribution in [3.63, 3.8) is 0 Å². The van der Waals surface area contributed by atoms with Gasteiger partial charge in [-0.05, 0) is 29.8 Å². The minimum Gasteiger partial charge on any atom is -0.272 e. The van der Waals surface area contributed by atoms with Crippen LogP contribution in [0.3, 0.4) is 0 Å². The van der Waals surface area contributed by atoms with Crippen molar-refractivity contribution in [3.05, 3.63) is 28.8 Å². The van der Waals surface area contributed by atoms with Crippen molar-refractivity contribution in [2.45, 2.75) is 38.4 Å². The zero-order valence-corrected chi connectivity index (χ0v) is 14.6. The van der Waals surface area contributed by atoms with Gasteiger partial charge in [0.05, 0.1) is 29.1 Å². The van der Waals surface area contributed by atoms with Crippen LogP contribution in [-0.4, -0.2) is 39.3 Å². The van der Waals surface area contributed by atoms with Crippen molar-refractivity contribution in [2.75, 3.05) is 7.05 Å². The van der Waals surface area contributed by atoms with Crippen LogP contribution in [0.1, 0.15) is 19.5 Å². The summed E-state index contributed by atoms with van der Waals surface area (Å²) in [5, 5.41) is 8.21. The lowest BCUT2D eigenvalue weighted by molar-refractivity contribution is 0.446. The summed E-state index contributed by atoms with van der Waals surface area (Å²) in [5.41, 5.74) is 0.825. The van der Waals surface area contributed by atoms with Crippen molar-refractivity contribution in [2.24, 2.45) is 0 Å². The van der Waals surface area contributed by atoms with E-state index in [1.807, 2.05) is 13.8 Å². The molecule has 0 aliphatic carbocycles. The normalized spacial score (nSPS) is 12.2. The summed E-state index contributed by atoms with van der Waals surface area (Å²) in [7, 11) is -2.00. The van der Waals surface area contributed by atoms with Crippen molar-refractivity contribution in [3.8, 4) is 0 Å². The highest BCUT2D eigenvalue weighted by atomic mass is 79.9. The second kappa shape index (κ2) is 6.29. The maximum Gasteiger partial charge on any atom is 0.246 e. The summed E-state index contributed by atoms with van der Waals surface area (Å²) in [6, 6.07) is 0. The molecule has 21 heavy (non-hydrogen) atoms. The van der Waals surface area contributed by atoms with E-state index in [0.29, 0.717) is 13.1 Å². The molecule has 0 fully saturated rings. The third-order valence-electron chi connectivity index (χ3n) is 3.21. The van der Waals surface area contributed by atoms with Gasteiger partial charge in [0, 0.05) is 26.3 Å². The van der Waals surface area contributed by atoms with Crippen molar-refractivity contribution >= 4 is 26.0 Å². The highest BCUT2D eigenvalue weighted by Gasteiger charge is 2.24. The van der Waals surface area contributed by atoms with Crippen LogP contribution < -0.4 is 0 Å². The van der Waals surface area contributed by atoms with Crippen LogP contribution in [0, 0.1) is 0 Å². The average Bonchev–Trinajstić information content (AvgIpc) is 3.07. The molecule has 0 saturated carbocycles. The van der Waals surface area contributed by atoms with Gasteiger partial charge in [-0.1, -0.05) is 0 Å². The molecule has 0 amide bonds. The molecule has 0 atom stereocenters. The van der Waals surface area contributed by atoms with Gasteiger partial charge in [0.25, 0.3) is 0 Å². The van der Waals surface area contributed by atoms with Gasteiger partial charge in [0.2, 0.25) is 10.0 Å². The molecule has 116 valence electrons. The first-order chi connectivity index (χ1) is 9.90. The molecule has 2 aromatic heterocycles. The van der Waals surface area contributed by atoms with E-state index < -0.39 is 10.0 Å². The summed E-state index contributed by atoms with van der Waals surface area (Å²) in [4.78, 5) is 0.200. The third kappa shape index (κ3) is 3.19. The largest absolute Gasteiger partial charge is 0.272 e. The molecule has 0 saturated heterocycles. The minimum absolute atomic E-state index is 0.200. The minimum atomic E-state index is -3.56. The molecule has 0 N–H and O–H groups in total. The fraction of sp³-hybridized carbons (Fsp3) is 0.500. The van der Waals surface area contributed by atoms with Gasteiger partial charge in [0.15, 0.2) is 0 Å². The predicted octanol–water partition coefficient (Wildman–Crippen LogP) is 1.70. The number of nitrogens with zero attached hydrogens (tertiary/aromatic N) is 5. The first-order valence-electron chi connectivity index (χ1n) is 6.59. The Kier molecular flexibility index (Phi) is 4.84. The van der Waals surface area contributed by atoms with E-state index in [1.165, 1.54) is 16.7 Å². The van der Waals surface area contributed by atoms with Crippen LogP contribution in [0.4, 0.5) is 0 Å². The number of hydrogen-bond donors (Lipinski definition) is 0. The Balaban J connectivity index is 2.26. The lowest BCUT2D eigenvalue weighted by Gasteiger charge is -2.17. The zero-order chi connectivity index (χ0) is 15.6. The first-order valence-corrected chi connectivity index (χ1v) is 8.82. The van der Waals surface area contributed by atoms with Crippen LogP contribution in [0.25, 0.3) is 0 Å². The fourth-order valence-corrected chi connectivity index (χ4v) is 3.45. The second-order valence-electron chi connectivity index (χ2n) is 4.55. The van der Waals surface area contributed by atoms with E-state index in [-0.39, 0.29) is 11.4 Å². The smallest absolute Gasteiger partial charge is 0.246 e. The summed E-state index contributed by atoms with van der Waals surface area (Å²) in [6.07, 6.45) is 4.59. The molecule has 2 heterocycles. The molecule has 0 bridgehead atoms. The SMILES string of the molecule is CCn1cc(S(=O)(=O)N(C)Cc2c(Br)cnn2CC)cn1. The predicted molar refractivity (Wildman–Crippen MR) is 82.2 cm³/mol. The van der Waals surface area contributed by atoms with E-state index in [1.54, 1.807) is 22.6 Å². The van der Waals surface area contributed by atoms with Crippen molar-refractivity contribution < 1.29 is 8.42 Å². The molecule has 0 unspecified atom stereocenters. The Labute approximate surface area is 132 Å². The monoisotopic (exact) mass is 375 g/mol. The van der Waals surface area contributed by atoms with Crippen molar-refractivity contribution in [1.82, 2.24) is 23.9 Å². The quantitative estimate of drug-likeness (QED) is 0.769. The zero-order valence-electron chi connectivity index (χ0n) is 12.2. The molecular weight excluding hydrogens is 358 g/mol. The van der Waals surface area contributed by atoms with Crippen LogP contribution in [0.2, 0.25) is 0 Å². The molecule has 2 aromatic rings. The van der Waals surface area contributed by atoms with Gasteiger partial charge in [-0.3, -0.25) is 9.36 Å². The highest BCUT2D eigenvalue weighted by Crippen LogP contribution is 2.21. The molecule has 0 aliphatic rings. The van der Waals surface area contributed by atoms with E-state index >= 15 is 0 Å². The Hall–Kier alpha value is -1.19. The third-order valence-corrected chi connectivity index (χ3v) is 5.63. The molecule has 9 heteroatoms. The Morgan fingerprint density at radius 3 is 2.52 bits per heavy atom. The average molecular weight is 376 g/mol. The highest BCUT2D eigenvalue weighted by molar-refractivity contribution is 9.10. The molecular formula is C12H18BrN5O2S. The Morgan fingerprint density at radius 1 is 1.24 bits per heavy atom. The topological polar surface area (TPSA) is 73.0 Å². The standard InChI is InChI=1S/C12H18BrN5O2S/c1-4-17-8-10(6-14-17)21(19,20)16(3)9-12-11(13)7-15-18(12)5-2/h6-8H,4-5,9H2,1-3H3. The molecule has 0 spiro atoms. The number of rotatable bonds is 6. The molecule has 0 radical (unpaired) electrons. The molecule has 0 aromatic carbocycles. The van der Waals surface area contributed by atoms with Crippen LogP contribution in [0.5, 0.6) is 0 Å². The van der Waals surface area contributed by atoms with Gasteiger partial charge < -0.3 is 0 Å². The van der Waals surface area contributed by atoms with E-state index in [0.717, 1.165) is 10.2 Å². The number of aromatic nitrogens is 4. The first kappa shape index (κ1) is 16.2. The van der Waals surface area contributed by atoms with Crippen molar-refractivity contribution in [1.29, 1.82) is 0 Å². The van der Waals surface area contributed by atoms with Gasteiger partial charge in [-0.15, -0.1) is 0 Å². The molecule has 7 nitrogen and oxygen atoms in total. The Bertz CT molecular complexity index is 722. The lowest BCUT2D eigenvalue weighted by Crippen LogP contribution is -2.27. The lowest BCUT2D eigenvalue weighted by atomic mass is 10.4. The molecule has 0 aliphatic heterocycles. The van der Waals surface area contributed by atoms with Gasteiger partial charge in [0.1, 0.15) is 4.90 Å². The number of sulfonamides is 1. The number of aryl methyl sites for hydroxylation is 2. The van der Waals surface area contributed by atoms with Gasteiger partial charge in [-0.2, -0.15) is 14.5 Å². The van der Waals surface area contributed by atoms with Crippen LogP contribution >= 0.6 is 15.9 Å². The van der Waals surface area contributed by atoms with E-state index in [4.69, 9.17) is 0 Å². The van der Waals surface area contributed by atoms with E-state index in [2.05, 4.69) is 26.1 Å². The van der Waals surface area contributed by atoms with Crippen LogP contribution in [0.15, 0.2) is 28.0 Å². The maximum absolute atomic E-state index is 12.5. The Morgan fingerprint density at radius 2 is 1.95 bits per heavy atom. The summed E-state index contributed by atoms with van der Waals surface area (Å²) in [6.45, 7) is 5.43. The maximum atomic E-state index is 12.5. The number of halogens is 1. The van der Waals surface area contributed by atoms with Gasteiger partial charge >= 0.3 is 0 Å².